The molecule has 1 aromatic carbocycles. The molecule has 0 aliphatic rings. The van der Waals surface area contributed by atoms with Crippen LogP contribution in [-0.4, -0.2) is 21.3 Å². The predicted octanol–water partition coefficient (Wildman–Crippen LogP) is 0.735. The van der Waals surface area contributed by atoms with E-state index in [-0.39, 0.29) is 11.5 Å². The molecular weight excluding hydrogens is 160 g/mol. The van der Waals surface area contributed by atoms with Crippen LogP contribution >= 0.6 is 0 Å². The Labute approximate surface area is 68.7 Å². The van der Waals surface area contributed by atoms with Gasteiger partial charge in [0.1, 0.15) is 0 Å². The molecule has 1 radical (unpaired) electrons. The van der Waals surface area contributed by atoms with Gasteiger partial charge < -0.3 is 15.3 Å². The Balaban J connectivity index is 2.89. The second-order valence-electron chi connectivity index (χ2n) is 2.23. The van der Waals surface area contributed by atoms with E-state index in [2.05, 4.69) is 0 Å². The molecule has 1 rings (SSSR count). The third-order valence-electron chi connectivity index (χ3n) is 1.29. The highest BCUT2D eigenvalue weighted by Crippen LogP contribution is 2.25. The summed E-state index contributed by atoms with van der Waals surface area (Å²) >= 11 is 0. The van der Waals surface area contributed by atoms with Gasteiger partial charge in [-0.15, -0.1) is 0 Å². The van der Waals surface area contributed by atoms with Crippen molar-refractivity contribution in [1.29, 1.82) is 0 Å². The molecule has 4 nitrogen and oxygen atoms in total. The number of hydrogen-bond acceptors (Lipinski definition) is 3. The maximum Gasteiger partial charge on any atom is 0.312 e. The number of benzene rings is 1. The van der Waals surface area contributed by atoms with E-state index in [1.54, 1.807) is 0 Å². The van der Waals surface area contributed by atoms with Crippen LogP contribution in [0.15, 0.2) is 18.2 Å². The molecule has 0 spiro atoms. The Morgan fingerprint density at radius 3 is 2.42 bits per heavy atom. The van der Waals surface area contributed by atoms with Gasteiger partial charge in [-0.25, -0.2) is 0 Å². The molecule has 0 saturated heterocycles. The van der Waals surface area contributed by atoms with Crippen LogP contribution in [0.25, 0.3) is 0 Å². The molecule has 0 saturated carbocycles. The van der Waals surface area contributed by atoms with Gasteiger partial charge in [0.25, 0.3) is 0 Å². The summed E-state index contributed by atoms with van der Waals surface area (Å²) < 4.78 is 0. The third-order valence-corrected chi connectivity index (χ3v) is 1.29. The van der Waals surface area contributed by atoms with Crippen LogP contribution in [0.1, 0.15) is 5.56 Å². The Morgan fingerprint density at radius 1 is 1.25 bits per heavy atom. The van der Waals surface area contributed by atoms with Crippen molar-refractivity contribution < 1.29 is 20.1 Å². The molecule has 3 N–H and O–H groups in total. The van der Waals surface area contributed by atoms with E-state index >= 15 is 0 Å². The van der Waals surface area contributed by atoms with Crippen molar-refractivity contribution in [3.63, 3.8) is 0 Å². The minimum absolute atomic E-state index is 0.266. The van der Waals surface area contributed by atoms with E-state index in [4.69, 9.17) is 15.3 Å². The molecule has 0 fully saturated rings. The van der Waals surface area contributed by atoms with Crippen molar-refractivity contribution in [2.75, 3.05) is 0 Å². The molecule has 63 valence electrons. The van der Waals surface area contributed by atoms with Crippen molar-refractivity contribution in [2.24, 2.45) is 0 Å². The first-order valence-electron chi connectivity index (χ1n) is 3.19. The standard InChI is InChI=1S/C8H7O4/c9-6-2-1-5(3-7(6)10)4-8(11)12/h1-4,9-10H,(H,11,12). The van der Waals surface area contributed by atoms with Gasteiger partial charge >= 0.3 is 5.97 Å². The predicted molar refractivity (Wildman–Crippen MR) is 40.8 cm³/mol. The molecule has 0 aromatic heterocycles. The number of aromatic hydroxyl groups is 2. The number of hydrogen-bond donors (Lipinski definition) is 3. The molecular formula is C8H7O4. The largest absolute Gasteiger partial charge is 0.504 e. The second-order valence-corrected chi connectivity index (χ2v) is 2.23. The maximum atomic E-state index is 10.2. The molecule has 0 bridgehead atoms. The Hall–Kier alpha value is -1.71. The van der Waals surface area contributed by atoms with Crippen LogP contribution in [-0.2, 0) is 4.79 Å². The van der Waals surface area contributed by atoms with E-state index in [1.807, 2.05) is 0 Å². The summed E-state index contributed by atoms with van der Waals surface area (Å²) in [6.07, 6.45) is 0.930. The number of carboxylic acid groups (broad SMARTS) is 1. The number of aliphatic carboxylic acids is 1. The molecule has 0 aliphatic heterocycles. The van der Waals surface area contributed by atoms with Gasteiger partial charge in [-0.1, -0.05) is 6.07 Å². The zero-order chi connectivity index (χ0) is 9.14. The smallest absolute Gasteiger partial charge is 0.312 e. The summed E-state index contributed by atoms with van der Waals surface area (Å²) in [5.74, 6) is -1.69. The quantitative estimate of drug-likeness (QED) is 0.567. The van der Waals surface area contributed by atoms with E-state index in [9.17, 15) is 4.79 Å². The zero-order valence-corrected chi connectivity index (χ0v) is 6.06. The summed E-state index contributed by atoms with van der Waals surface area (Å²) in [5.41, 5.74) is 0.331. The van der Waals surface area contributed by atoms with E-state index in [1.165, 1.54) is 18.2 Å². The van der Waals surface area contributed by atoms with Gasteiger partial charge in [0.15, 0.2) is 11.5 Å². The number of rotatable bonds is 2. The highest BCUT2D eigenvalue weighted by Gasteiger charge is 2.04. The summed E-state index contributed by atoms with van der Waals surface area (Å²) in [6, 6.07) is 3.79. The van der Waals surface area contributed by atoms with Crippen LogP contribution in [0.3, 0.4) is 0 Å². The number of phenolic OH excluding ortho intramolecular Hbond substituents is 2. The van der Waals surface area contributed by atoms with Crippen molar-refractivity contribution >= 4 is 5.97 Å². The van der Waals surface area contributed by atoms with Crippen LogP contribution < -0.4 is 0 Å². The average molecular weight is 167 g/mol. The van der Waals surface area contributed by atoms with Crippen molar-refractivity contribution in [3.8, 4) is 11.5 Å². The fourth-order valence-electron chi connectivity index (χ4n) is 0.773. The van der Waals surface area contributed by atoms with Crippen LogP contribution in [0.2, 0.25) is 0 Å². The summed E-state index contributed by atoms with van der Waals surface area (Å²) in [5, 5.41) is 26.1. The van der Waals surface area contributed by atoms with Crippen LogP contribution in [0.5, 0.6) is 11.5 Å². The number of carbonyl (C=O) groups is 1. The number of carboxylic acids is 1. The summed E-state index contributed by atoms with van der Waals surface area (Å²) in [6.45, 7) is 0. The van der Waals surface area contributed by atoms with E-state index < -0.39 is 5.97 Å². The molecule has 1 aromatic rings. The first kappa shape index (κ1) is 8.39. The van der Waals surface area contributed by atoms with Gasteiger partial charge in [-0.2, -0.15) is 0 Å². The van der Waals surface area contributed by atoms with Gasteiger partial charge in [0.2, 0.25) is 0 Å². The second kappa shape index (κ2) is 3.13. The van der Waals surface area contributed by atoms with Gasteiger partial charge in [-0.3, -0.25) is 4.79 Å². The molecule has 12 heavy (non-hydrogen) atoms. The minimum Gasteiger partial charge on any atom is -0.504 e. The lowest BCUT2D eigenvalue weighted by Gasteiger charge is -1.99. The van der Waals surface area contributed by atoms with Crippen molar-refractivity contribution in [3.05, 3.63) is 30.2 Å². The Kier molecular flexibility index (Phi) is 2.19. The topological polar surface area (TPSA) is 77.8 Å². The van der Waals surface area contributed by atoms with Gasteiger partial charge in [-0.05, 0) is 17.7 Å². The fraction of sp³-hybridized carbons (Fsp3) is 0. The molecule has 0 atom stereocenters. The lowest BCUT2D eigenvalue weighted by Crippen LogP contribution is -1.96. The Morgan fingerprint density at radius 2 is 1.92 bits per heavy atom. The molecule has 4 heteroatoms. The van der Waals surface area contributed by atoms with E-state index in [0.29, 0.717) is 5.56 Å². The molecule has 0 unspecified atom stereocenters. The lowest BCUT2D eigenvalue weighted by atomic mass is 10.1. The molecule has 0 heterocycles. The Bertz CT molecular complexity index is 306. The average Bonchev–Trinajstić information content (AvgIpc) is 1.96. The monoisotopic (exact) mass is 167 g/mol. The normalized spacial score (nSPS) is 9.67. The van der Waals surface area contributed by atoms with Crippen molar-refractivity contribution in [2.45, 2.75) is 0 Å². The summed E-state index contributed by atoms with van der Waals surface area (Å²) in [7, 11) is 0. The number of phenols is 2. The van der Waals surface area contributed by atoms with Crippen molar-refractivity contribution in [1.82, 2.24) is 0 Å². The first-order valence-corrected chi connectivity index (χ1v) is 3.19. The zero-order valence-electron chi connectivity index (χ0n) is 6.06. The molecule has 0 aliphatic carbocycles. The fourth-order valence-corrected chi connectivity index (χ4v) is 0.773. The third kappa shape index (κ3) is 1.88. The highest BCUT2D eigenvalue weighted by molar-refractivity contribution is 5.81. The minimum atomic E-state index is -1.10. The lowest BCUT2D eigenvalue weighted by molar-refractivity contribution is -0.132. The van der Waals surface area contributed by atoms with Gasteiger partial charge in [0.05, 0.1) is 6.42 Å². The van der Waals surface area contributed by atoms with Crippen LogP contribution in [0.4, 0.5) is 0 Å². The first-order chi connectivity index (χ1) is 5.59. The molecule has 0 amide bonds. The summed E-state index contributed by atoms with van der Waals surface area (Å²) in [4.78, 5) is 10.2. The van der Waals surface area contributed by atoms with Crippen LogP contribution in [0, 0.1) is 6.42 Å². The SMILES string of the molecule is O=C(O)[CH]c1ccc(O)c(O)c1. The van der Waals surface area contributed by atoms with E-state index in [0.717, 1.165) is 6.42 Å². The maximum absolute atomic E-state index is 10.2. The highest BCUT2D eigenvalue weighted by atomic mass is 16.4. The van der Waals surface area contributed by atoms with Gasteiger partial charge in [0, 0.05) is 0 Å².